The van der Waals surface area contributed by atoms with Crippen LogP contribution in [0.15, 0.2) is 83.8 Å². The highest BCUT2D eigenvalue weighted by Crippen LogP contribution is 2.39. The summed E-state index contributed by atoms with van der Waals surface area (Å²) in [5, 5.41) is 13.4. The van der Waals surface area contributed by atoms with E-state index in [2.05, 4.69) is 5.32 Å². The van der Waals surface area contributed by atoms with Crippen LogP contribution in [0.3, 0.4) is 0 Å². The molecule has 0 fully saturated rings. The third-order valence-electron chi connectivity index (χ3n) is 7.29. The predicted molar refractivity (Wildman–Crippen MR) is 169 cm³/mol. The van der Waals surface area contributed by atoms with Gasteiger partial charge >= 0.3 is 0 Å². The molecule has 0 saturated carbocycles. The minimum atomic E-state index is -1.86. The number of nitrogens with zero attached hydrogens (tertiary/aromatic N) is 2. The number of benzene rings is 3. The first-order valence-electron chi connectivity index (χ1n) is 13.9. The van der Waals surface area contributed by atoms with E-state index < -0.39 is 28.4 Å². The Kier molecular flexibility index (Phi) is 8.87. The van der Waals surface area contributed by atoms with Crippen LogP contribution >= 0.6 is 11.3 Å². The molecule has 0 aliphatic rings. The molecule has 226 valence electrons. The van der Waals surface area contributed by atoms with Crippen molar-refractivity contribution in [3.8, 4) is 10.4 Å². The molecule has 1 amide bonds. The normalized spacial score (nSPS) is 11.7. The monoisotopic (exact) mass is 615 g/mol. The first-order valence-corrected chi connectivity index (χ1v) is 14.7. The van der Waals surface area contributed by atoms with E-state index in [0.717, 1.165) is 28.1 Å². The average molecular weight is 616 g/mol. The molecule has 2 heterocycles. The molecule has 0 spiro atoms. The van der Waals surface area contributed by atoms with Crippen LogP contribution in [0, 0.1) is 11.6 Å². The highest BCUT2D eigenvalue weighted by atomic mass is 32.1. The van der Waals surface area contributed by atoms with Gasteiger partial charge in [0.25, 0.3) is 0 Å². The minimum absolute atomic E-state index is 0.221. The number of halogens is 2. The molecule has 0 radical (unpaired) electrons. The lowest BCUT2D eigenvalue weighted by molar-refractivity contribution is -0.105. The number of amides is 1. The molecule has 3 aromatic carbocycles. The molecule has 0 bridgehead atoms. The van der Waals surface area contributed by atoms with Crippen molar-refractivity contribution in [1.29, 1.82) is 0 Å². The first-order chi connectivity index (χ1) is 21.0. The lowest BCUT2D eigenvalue weighted by Gasteiger charge is -2.19. The maximum absolute atomic E-state index is 14.8. The second-order valence-corrected chi connectivity index (χ2v) is 12.2. The van der Waals surface area contributed by atoms with Gasteiger partial charge in [0.15, 0.2) is 5.78 Å². The number of hydrogen-bond donors (Lipinski definition) is 2. The second kappa shape index (κ2) is 12.6. The molecule has 0 aliphatic heterocycles. The van der Waals surface area contributed by atoms with Crippen molar-refractivity contribution in [2.45, 2.75) is 39.1 Å². The maximum atomic E-state index is 14.8. The Morgan fingerprint density at radius 1 is 0.977 bits per heavy atom. The fourth-order valence-electron chi connectivity index (χ4n) is 5.15. The van der Waals surface area contributed by atoms with Crippen molar-refractivity contribution in [3.63, 3.8) is 0 Å². The molecule has 2 N–H and O–H groups in total. The zero-order valence-electron chi connectivity index (χ0n) is 24.4. The van der Waals surface area contributed by atoms with Crippen molar-refractivity contribution >= 4 is 39.4 Å². The van der Waals surface area contributed by atoms with Gasteiger partial charge in [-0.3, -0.25) is 19.3 Å². The molecule has 0 atom stereocenters. The fourth-order valence-corrected chi connectivity index (χ4v) is 6.44. The van der Waals surface area contributed by atoms with Crippen LogP contribution < -0.4 is 10.7 Å². The average Bonchev–Trinajstić information content (AvgIpc) is 3.36. The lowest BCUT2D eigenvalue weighted by Crippen LogP contribution is -2.35. The summed E-state index contributed by atoms with van der Waals surface area (Å²) in [6.07, 6.45) is 1.86. The number of pyridine rings is 1. The minimum Gasteiger partial charge on any atom is -0.382 e. The van der Waals surface area contributed by atoms with E-state index in [4.69, 9.17) is 0 Å². The largest absolute Gasteiger partial charge is 0.382 e. The fraction of sp³-hybridized carbons (Fsp3) is 0.206. The molecule has 44 heavy (non-hydrogen) atoms. The van der Waals surface area contributed by atoms with Gasteiger partial charge in [-0.1, -0.05) is 48.5 Å². The Balaban J connectivity index is 1.77. The Hall–Kier alpha value is -4.51. The van der Waals surface area contributed by atoms with Gasteiger partial charge in [-0.15, -0.1) is 11.3 Å². The van der Waals surface area contributed by atoms with Gasteiger partial charge in [0.1, 0.15) is 22.1 Å². The van der Waals surface area contributed by atoms with Gasteiger partial charge in [0.05, 0.1) is 17.5 Å². The SMILES string of the molecule is CN(Cc1ccccc1)Cc1c(-c2ccc(NC=O)cc2)sc2c1c(=O)c(C(=O)C(C)(C)O)cn2Cc1c(F)cccc1F. The van der Waals surface area contributed by atoms with E-state index in [-0.39, 0.29) is 23.1 Å². The number of rotatable bonds is 11. The standard InChI is InChI=1S/C34H31F2N3O4S/c1-34(2,43)32(42)26-19-39(18-24-27(35)10-7-11-28(24)36)33-29(30(26)41)25(17-38(3)16-21-8-5-4-6-9-21)31(44-33)22-12-14-23(15-13-22)37-20-40/h4-15,19-20,43H,16-18H2,1-3H3,(H,37,40). The van der Waals surface area contributed by atoms with Gasteiger partial charge in [-0.25, -0.2) is 8.78 Å². The van der Waals surface area contributed by atoms with Crippen LogP contribution in [-0.4, -0.2) is 39.4 Å². The molecular weight excluding hydrogens is 584 g/mol. The van der Waals surface area contributed by atoms with Gasteiger partial charge in [-0.05, 0) is 61.9 Å². The number of aromatic nitrogens is 1. The highest BCUT2D eigenvalue weighted by molar-refractivity contribution is 7.22. The Morgan fingerprint density at radius 2 is 1.64 bits per heavy atom. The van der Waals surface area contributed by atoms with Crippen molar-refractivity contribution in [2.24, 2.45) is 0 Å². The van der Waals surface area contributed by atoms with Gasteiger partial charge in [0, 0.05) is 35.4 Å². The molecule has 10 heteroatoms. The third kappa shape index (κ3) is 6.37. The van der Waals surface area contributed by atoms with Gasteiger partial charge in [-0.2, -0.15) is 0 Å². The van der Waals surface area contributed by atoms with Crippen molar-refractivity contribution in [1.82, 2.24) is 9.47 Å². The van der Waals surface area contributed by atoms with Crippen LogP contribution in [-0.2, 0) is 24.4 Å². The van der Waals surface area contributed by atoms with Crippen LogP contribution in [0.25, 0.3) is 20.7 Å². The van der Waals surface area contributed by atoms with Crippen LogP contribution in [0.5, 0.6) is 0 Å². The van der Waals surface area contributed by atoms with Crippen LogP contribution in [0.4, 0.5) is 14.5 Å². The van der Waals surface area contributed by atoms with Crippen molar-refractivity contribution in [2.75, 3.05) is 12.4 Å². The summed E-state index contributed by atoms with van der Waals surface area (Å²) >= 11 is 1.27. The van der Waals surface area contributed by atoms with Crippen molar-refractivity contribution in [3.05, 3.63) is 123 Å². The zero-order chi connectivity index (χ0) is 31.6. The number of Topliss-reactive ketones (excluding diaryl/α,β-unsaturated/α-hetero) is 1. The van der Waals surface area contributed by atoms with E-state index in [9.17, 15) is 28.3 Å². The molecule has 7 nitrogen and oxygen atoms in total. The Labute approximate surface area is 257 Å². The Bertz CT molecular complexity index is 1870. The summed E-state index contributed by atoms with van der Waals surface area (Å²) in [6.45, 7) is 3.17. The smallest absolute Gasteiger partial charge is 0.211 e. The molecule has 0 aliphatic carbocycles. The third-order valence-corrected chi connectivity index (χ3v) is 8.61. The number of carbonyl (C=O) groups excluding carboxylic acids is 2. The summed E-state index contributed by atoms with van der Waals surface area (Å²) in [5.74, 6) is -2.32. The number of aliphatic hydroxyl groups is 1. The number of ketones is 1. The number of carbonyl (C=O) groups is 2. The zero-order valence-corrected chi connectivity index (χ0v) is 25.3. The number of anilines is 1. The molecular formula is C34H31F2N3O4S. The first kappa shape index (κ1) is 30.9. The van der Waals surface area contributed by atoms with Gasteiger partial charge < -0.3 is 15.0 Å². The highest BCUT2D eigenvalue weighted by Gasteiger charge is 2.31. The number of fused-ring (bicyclic) bond motifs is 1. The summed E-state index contributed by atoms with van der Waals surface area (Å²) in [6, 6.07) is 20.5. The van der Waals surface area contributed by atoms with Crippen LogP contribution in [0.2, 0.25) is 0 Å². The van der Waals surface area contributed by atoms with E-state index in [1.54, 1.807) is 12.1 Å². The lowest BCUT2D eigenvalue weighted by atomic mass is 9.96. The molecule has 5 aromatic rings. The summed E-state index contributed by atoms with van der Waals surface area (Å²) in [5.41, 5.74) is 0.109. The Morgan fingerprint density at radius 3 is 2.25 bits per heavy atom. The van der Waals surface area contributed by atoms with Gasteiger partial charge in [0.2, 0.25) is 11.8 Å². The number of thiophene rings is 1. The number of hydrogen-bond acceptors (Lipinski definition) is 6. The van der Waals surface area contributed by atoms with E-state index >= 15 is 0 Å². The molecule has 0 unspecified atom stereocenters. The quantitative estimate of drug-likeness (QED) is 0.136. The summed E-state index contributed by atoms with van der Waals surface area (Å²) < 4.78 is 31.2. The molecule has 0 saturated heterocycles. The topological polar surface area (TPSA) is 91.6 Å². The van der Waals surface area contributed by atoms with Crippen LogP contribution in [0.1, 0.15) is 40.9 Å². The summed E-state index contributed by atoms with van der Waals surface area (Å²) in [4.78, 5) is 41.7. The second-order valence-electron chi connectivity index (χ2n) is 11.2. The molecule has 2 aromatic heterocycles. The van der Waals surface area contributed by atoms with Crippen molar-refractivity contribution < 1.29 is 23.5 Å². The van der Waals surface area contributed by atoms with E-state index in [0.29, 0.717) is 35.6 Å². The predicted octanol–water partition coefficient (Wildman–Crippen LogP) is 6.21. The maximum Gasteiger partial charge on any atom is 0.211 e. The summed E-state index contributed by atoms with van der Waals surface area (Å²) in [7, 11) is 1.91. The number of nitrogens with one attached hydrogen (secondary N) is 1. The van der Waals surface area contributed by atoms with E-state index in [1.165, 1.54) is 42.0 Å². The van der Waals surface area contributed by atoms with E-state index in [1.807, 2.05) is 54.4 Å². The molecule has 5 rings (SSSR count).